The Bertz CT molecular complexity index is 399. The summed E-state index contributed by atoms with van der Waals surface area (Å²) in [5.74, 6) is 0.225. The number of allylic oxidation sites excluding steroid dienone is 1. The van der Waals surface area contributed by atoms with Crippen LogP contribution < -0.4 is 10.5 Å². The van der Waals surface area contributed by atoms with Gasteiger partial charge in [0.15, 0.2) is 6.10 Å². The van der Waals surface area contributed by atoms with Gasteiger partial charge in [0.05, 0.1) is 0 Å². The van der Waals surface area contributed by atoms with Gasteiger partial charge in [0.1, 0.15) is 5.75 Å². The van der Waals surface area contributed by atoms with E-state index in [9.17, 15) is 4.79 Å². The summed E-state index contributed by atoms with van der Waals surface area (Å²) in [6.07, 6.45) is 5.62. The van der Waals surface area contributed by atoms with E-state index >= 15 is 0 Å². The topological polar surface area (TPSA) is 52.3 Å². The fourth-order valence-electron chi connectivity index (χ4n) is 1.35. The maximum Gasteiger partial charge on any atom is 0.258 e. The monoisotopic (exact) mass is 233 g/mol. The highest BCUT2D eigenvalue weighted by molar-refractivity contribution is 5.78. The second kappa shape index (κ2) is 6.74. The van der Waals surface area contributed by atoms with Crippen LogP contribution in [0.1, 0.15) is 32.3 Å². The van der Waals surface area contributed by atoms with Crippen molar-refractivity contribution in [2.24, 2.45) is 5.73 Å². The number of para-hydroxylation sites is 1. The Hall–Kier alpha value is -1.77. The minimum atomic E-state index is -0.615. The molecule has 0 saturated carbocycles. The van der Waals surface area contributed by atoms with Crippen LogP contribution in [0.2, 0.25) is 0 Å². The molecular formula is C14H19NO2. The first kappa shape index (κ1) is 13.3. The van der Waals surface area contributed by atoms with Gasteiger partial charge in [-0.25, -0.2) is 0 Å². The summed E-state index contributed by atoms with van der Waals surface area (Å²) in [4.78, 5) is 11.0. The molecule has 1 amide bonds. The Labute approximate surface area is 102 Å². The van der Waals surface area contributed by atoms with Crippen LogP contribution in [-0.2, 0) is 4.79 Å². The number of carbonyl (C=O) groups excluding carboxylic acids is 1. The van der Waals surface area contributed by atoms with Crippen molar-refractivity contribution >= 4 is 12.0 Å². The standard InChI is InChI=1S/C14H19NO2/c1-3-4-5-8-12-9-6-7-10-13(12)17-11(2)14(15)16/h5-11H,3-4H2,1-2H3,(H2,15,16)/b8-5+/t11-/m1/s1. The third-order valence-electron chi connectivity index (χ3n) is 2.38. The molecule has 1 rings (SSSR count). The van der Waals surface area contributed by atoms with E-state index in [1.165, 1.54) is 0 Å². The summed E-state index contributed by atoms with van der Waals surface area (Å²) >= 11 is 0. The molecule has 0 bridgehead atoms. The van der Waals surface area contributed by atoms with E-state index in [0.717, 1.165) is 18.4 Å². The number of amides is 1. The molecule has 1 aromatic carbocycles. The van der Waals surface area contributed by atoms with Gasteiger partial charge in [-0.05, 0) is 19.4 Å². The molecule has 2 N–H and O–H groups in total. The van der Waals surface area contributed by atoms with Crippen LogP contribution in [-0.4, -0.2) is 12.0 Å². The Morgan fingerprint density at radius 1 is 1.47 bits per heavy atom. The zero-order chi connectivity index (χ0) is 12.7. The van der Waals surface area contributed by atoms with E-state index in [-0.39, 0.29) is 0 Å². The van der Waals surface area contributed by atoms with Crippen LogP contribution in [0.3, 0.4) is 0 Å². The van der Waals surface area contributed by atoms with Crippen molar-refractivity contribution in [3.8, 4) is 5.75 Å². The highest BCUT2D eigenvalue weighted by atomic mass is 16.5. The SMILES string of the molecule is CCC/C=C/c1ccccc1O[C@H](C)C(N)=O. The summed E-state index contributed by atoms with van der Waals surface area (Å²) in [5, 5.41) is 0. The lowest BCUT2D eigenvalue weighted by Gasteiger charge is -2.13. The van der Waals surface area contributed by atoms with Gasteiger partial charge in [0.25, 0.3) is 5.91 Å². The number of carbonyl (C=O) groups is 1. The zero-order valence-electron chi connectivity index (χ0n) is 10.3. The molecule has 17 heavy (non-hydrogen) atoms. The van der Waals surface area contributed by atoms with E-state index in [2.05, 4.69) is 13.0 Å². The summed E-state index contributed by atoms with van der Waals surface area (Å²) in [6, 6.07) is 7.61. The Morgan fingerprint density at radius 2 is 2.18 bits per heavy atom. The van der Waals surface area contributed by atoms with Gasteiger partial charge in [0.2, 0.25) is 0 Å². The normalized spacial score (nSPS) is 12.6. The number of hydrogen-bond donors (Lipinski definition) is 1. The van der Waals surface area contributed by atoms with Crippen LogP contribution in [0.25, 0.3) is 6.08 Å². The average molecular weight is 233 g/mol. The molecule has 3 nitrogen and oxygen atoms in total. The van der Waals surface area contributed by atoms with E-state index in [1.807, 2.05) is 30.3 Å². The molecule has 0 saturated heterocycles. The molecular weight excluding hydrogens is 214 g/mol. The van der Waals surface area contributed by atoms with E-state index in [4.69, 9.17) is 10.5 Å². The summed E-state index contributed by atoms with van der Waals surface area (Å²) in [7, 11) is 0. The van der Waals surface area contributed by atoms with Crippen molar-refractivity contribution in [2.45, 2.75) is 32.8 Å². The molecule has 0 aliphatic heterocycles. The lowest BCUT2D eigenvalue weighted by atomic mass is 10.1. The third kappa shape index (κ3) is 4.31. The second-order valence-corrected chi connectivity index (χ2v) is 3.89. The number of unbranched alkanes of at least 4 members (excludes halogenated alkanes) is 1. The van der Waals surface area contributed by atoms with Crippen molar-refractivity contribution in [3.05, 3.63) is 35.9 Å². The van der Waals surface area contributed by atoms with Crippen LogP contribution in [0.15, 0.2) is 30.3 Å². The molecule has 0 fully saturated rings. The number of nitrogens with two attached hydrogens (primary N) is 1. The molecule has 0 spiro atoms. The van der Waals surface area contributed by atoms with Crippen LogP contribution >= 0.6 is 0 Å². The van der Waals surface area contributed by atoms with Crippen molar-refractivity contribution in [3.63, 3.8) is 0 Å². The molecule has 3 heteroatoms. The molecule has 1 atom stereocenters. The molecule has 0 unspecified atom stereocenters. The van der Waals surface area contributed by atoms with Crippen molar-refractivity contribution in [1.82, 2.24) is 0 Å². The first-order valence-electron chi connectivity index (χ1n) is 5.86. The van der Waals surface area contributed by atoms with Gasteiger partial charge in [-0.3, -0.25) is 4.79 Å². The number of primary amides is 1. The predicted octanol–water partition coefficient (Wildman–Crippen LogP) is 2.75. The number of benzene rings is 1. The van der Waals surface area contributed by atoms with Crippen molar-refractivity contribution < 1.29 is 9.53 Å². The largest absolute Gasteiger partial charge is 0.480 e. The molecule has 0 aliphatic carbocycles. The number of rotatable bonds is 6. The van der Waals surface area contributed by atoms with E-state index in [1.54, 1.807) is 6.92 Å². The van der Waals surface area contributed by atoms with Gasteiger partial charge >= 0.3 is 0 Å². The fraction of sp³-hybridized carbons (Fsp3) is 0.357. The van der Waals surface area contributed by atoms with E-state index in [0.29, 0.717) is 5.75 Å². The molecule has 0 radical (unpaired) electrons. The highest BCUT2D eigenvalue weighted by Gasteiger charge is 2.11. The number of ether oxygens (including phenoxy) is 1. The highest BCUT2D eigenvalue weighted by Crippen LogP contribution is 2.21. The molecule has 0 heterocycles. The second-order valence-electron chi connectivity index (χ2n) is 3.89. The maximum atomic E-state index is 11.0. The number of hydrogen-bond acceptors (Lipinski definition) is 2. The van der Waals surface area contributed by atoms with Gasteiger partial charge in [-0.2, -0.15) is 0 Å². The van der Waals surface area contributed by atoms with Crippen LogP contribution in [0.4, 0.5) is 0 Å². The molecule has 1 aromatic rings. The lowest BCUT2D eigenvalue weighted by molar-refractivity contribution is -0.123. The minimum Gasteiger partial charge on any atom is -0.480 e. The smallest absolute Gasteiger partial charge is 0.258 e. The predicted molar refractivity (Wildman–Crippen MR) is 69.7 cm³/mol. The van der Waals surface area contributed by atoms with Gasteiger partial charge in [-0.15, -0.1) is 0 Å². The molecule has 0 aromatic heterocycles. The average Bonchev–Trinajstić information content (AvgIpc) is 2.31. The zero-order valence-corrected chi connectivity index (χ0v) is 10.3. The third-order valence-corrected chi connectivity index (χ3v) is 2.38. The van der Waals surface area contributed by atoms with Crippen molar-refractivity contribution in [2.75, 3.05) is 0 Å². The fourth-order valence-corrected chi connectivity index (χ4v) is 1.35. The summed E-state index contributed by atoms with van der Waals surface area (Å²) in [5.41, 5.74) is 6.14. The van der Waals surface area contributed by atoms with Gasteiger partial charge < -0.3 is 10.5 Å². The van der Waals surface area contributed by atoms with Crippen LogP contribution in [0.5, 0.6) is 5.75 Å². The lowest BCUT2D eigenvalue weighted by Crippen LogP contribution is -2.30. The summed E-state index contributed by atoms with van der Waals surface area (Å²) in [6.45, 7) is 3.77. The maximum absolute atomic E-state index is 11.0. The van der Waals surface area contributed by atoms with E-state index < -0.39 is 12.0 Å². The summed E-state index contributed by atoms with van der Waals surface area (Å²) < 4.78 is 5.51. The van der Waals surface area contributed by atoms with Crippen molar-refractivity contribution in [1.29, 1.82) is 0 Å². The first-order valence-corrected chi connectivity index (χ1v) is 5.86. The Kier molecular flexibility index (Phi) is 5.27. The Balaban J connectivity index is 2.80. The Morgan fingerprint density at radius 3 is 2.82 bits per heavy atom. The van der Waals surface area contributed by atoms with Gasteiger partial charge in [0, 0.05) is 5.56 Å². The van der Waals surface area contributed by atoms with Crippen LogP contribution in [0, 0.1) is 0 Å². The first-order chi connectivity index (χ1) is 8.15. The quantitative estimate of drug-likeness (QED) is 0.821. The molecule has 92 valence electrons. The molecule has 0 aliphatic rings. The minimum absolute atomic E-state index is 0.461. The van der Waals surface area contributed by atoms with Gasteiger partial charge in [-0.1, -0.05) is 43.7 Å².